The Morgan fingerprint density at radius 2 is 1.86 bits per heavy atom. The van der Waals surface area contributed by atoms with E-state index in [9.17, 15) is 13.2 Å². The van der Waals surface area contributed by atoms with E-state index in [1.807, 2.05) is 13.8 Å². The number of carbonyl (C=O) groups is 1. The van der Waals surface area contributed by atoms with E-state index in [1.165, 1.54) is 13.1 Å². The van der Waals surface area contributed by atoms with Crippen molar-refractivity contribution in [3.05, 3.63) is 23.8 Å². The SMILES string of the molecule is CCC(CC)(CN)C(=O)Nc1ccc(C)c(S(=O)(=O)NC)c1. The largest absolute Gasteiger partial charge is 0.329 e. The number of amides is 1. The molecule has 0 saturated heterocycles. The normalized spacial score (nSPS) is 12.2. The van der Waals surface area contributed by atoms with Crippen LogP contribution in [0.5, 0.6) is 0 Å². The van der Waals surface area contributed by atoms with E-state index in [4.69, 9.17) is 5.73 Å². The van der Waals surface area contributed by atoms with E-state index >= 15 is 0 Å². The van der Waals surface area contributed by atoms with Gasteiger partial charge in [-0.25, -0.2) is 13.1 Å². The molecule has 0 aromatic heterocycles. The Morgan fingerprint density at radius 3 is 2.32 bits per heavy atom. The lowest BCUT2D eigenvalue weighted by Crippen LogP contribution is -2.41. The fraction of sp³-hybridized carbons (Fsp3) is 0.533. The van der Waals surface area contributed by atoms with Crippen LogP contribution in [0, 0.1) is 12.3 Å². The van der Waals surface area contributed by atoms with Crippen LogP contribution in [0.3, 0.4) is 0 Å². The van der Waals surface area contributed by atoms with Crippen molar-refractivity contribution in [3.63, 3.8) is 0 Å². The van der Waals surface area contributed by atoms with E-state index in [1.54, 1.807) is 19.1 Å². The summed E-state index contributed by atoms with van der Waals surface area (Å²) < 4.78 is 26.2. The van der Waals surface area contributed by atoms with Crippen LogP contribution < -0.4 is 15.8 Å². The second kappa shape index (κ2) is 7.21. The van der Waals surface area contributed by atoms with Crippen molar-refractivity contribution in [1.82, 2.24) is 4.72 Å². The van der Waals surface area contributed by atoms with Gasteiger partial charge in [0.05, 0.1) is 10.3 Å². The topological polar surface area (TPSA) is 101 Å². The molecule has 0 aliphatic carbocycles. The van der Waals surface area contributed by atoms with Crippen LogP contribution in [-0.4, -0.2) is 27.9 Å². The van der Waals surface area contributed by atoms with Crippen LogP contribution >= 0.6 is 0 Å². The molecule has 1 aromatic carbocycles. The Kier molecular flexibility index (Phi) is 6.10. The molecular weight excluding hydrogens is 302 g/mol. The molecule has 1 aromatic rings. The average Bonchev–Trinajstić information content (AvgIpc) is 2.51. The molecular formula is C15H25N3O3S. The second-order valence-corrected chi connectivity index (χ2v) is 7.19. The van der Waals surface area contributed by atoms with Crippen LogP contribution in [0.25, 0.3) is 0 Å². The van der Waals surface area contributed by atoms with Gasteiger partial charge in [0.1, 0.15) is 0 Å². The Balaban J connectivity index is 3.15. The van der Waals surface area contributed by atoms with Gasteiger partial charge < -0.3 is 11.1 Å². The number of carbonyl (C=O) groups excluding carboxylic acids is 1. The van der Waals surface area contributed by atoms with Gasteiger partial charge in [0.25, 0.3) is 0 Å². The summed E-state index contributed by atoms with van der Waals surface area (Å²) >= 11 is 0. The summed E-state index contributed by atoms with van der Waals surface area (Å²) in [7, 11) is -2.21. The maximum atomic E-state index is 12.5. The minimum Gasteiger partial charge on any atom is -0.329 e. The minimum absolute atomic E-state index is 0.152. The zero-order valence-electron chi connectivity index (χ0n) is 13.6. The molecule has 7 heteroatoms. The summed E-state index contributed by atoms with van der Waals surface area (Å²) in [4.78, 5) is 12.6. The fourth-order valence-corrected chi connectivity index (χ4v) is 3.29. The van der Waals surface area contributed by atoms with E-state index in [0.29, 0.717) is 24.1 Å². The van der Waals surface area contributed by atoms with Crippen molar-refractivity contribution in [2.75, 3.05) is 18.9 Å². The number of sulfonamides is 1. The molecule has 1 rings (SSSR count). The number of benzene rings is 1. The maximum absolute atomic E-state index is 12.5. The van der Waals surface area contributed by atoms with Crippen LogP contribution in [0.15, 0.2) is 23.1 Å². The molecule has 0 spiro atoms. The van der Waals surface area contributed by atoms with Crippen molar-refractivity contribution in [1.29, 1.82) is 0 Å². The Morgan fingerprint density at radius 1 is 1.27 bits per heavy atom. The monoisotopic (exact) mass is 327 g/mol. The van der Waals surface area contributed by atoms with Gasteiger partial charge in [-0.15, -0.1) is 0 Å². The number of anilines is 1. The molecule has 1 amide bonds. The Hall–Kier alpha value is -1.44. The molecule has 4 N–H and O–H groups in total. The van der Waals surface area contributed by atoms with Gasteiger partial charge in [0.15, 0.2) is 0 Å². The lowest BCUT2D eigenvalue weighted by molar-refractivity contribution is -0.125. The summed E-state index contributed by atoms with van der Waals surface area (Å²) in [5, 5.41) is 2.79. The highest BCUT2D eigenvalue weighted by Crippen LogP contribution is 2.28. The minimum atomic E-state index is -3.57. The molecule has 0 radical (unpaired) electrons. The summed E-state index contributed by atoms with van der Waals surface area (Å²) in [6, 6.07) is 4.82. The molecule has 0 aliphatic heterocycles. The van der Waals surface area contributed by atoms with Crippen LogP contribution in [0.1, 0.15) is 32.3 Å². The number of nitrogens with two attached hydrogens (primary N) is 1. The molecule has 0 aliphatic rings. The first-order valence-corrected chi connectivity index (χ1v) is 8.80. The molecule has 0 fully saturated rings. The third kappa shape index (κ3) is 3.66. The van der Waals surface area contributed by atoms with E-state index in [-0.39, 0.29) is 17.3 Å². The number of rotatable bonds is 7. The highest BCUT2D eigenvalue weighted by molar-refractivity contribution is 7.89. The summed E-state index contributed by atoms with van der Waals surface area (Å²) in [5.41, 5.74) is 6.19. The second-order valence-electron chi connectivity index (χ2n) is 5.33. The van der Waals surface area contributed by atoms with Crippen molar-refractivity contribution in [2.45, 2.75) is 38.5 Å². The van der Waals surface area contributed by atoms with Gasteiger partial charge in [-0.1, -0.05) is 19.9 Å². The predicted octanol–water partition coefficient (Wildman–Crippen LogP) is 1.61. The van der Waals surface area contributed by atoms with Crippen molar-refractivity contribution in [2.24, 2.45) is 11.1 Å². The van der Waals surface area contributed by atoms with Gasteiger partial charge in [-0.05, 0) is 44.5 Å². The zero-order valence-corrected chi connectivity index (χ0v) is 14.4. The Labute approximate surface area is 132 Å². The van der Waals surface area contributed by atoms with Gasteiger partial charge in [0, 0.05) is 12.2 Å². The first-order valence-electron chi connectivity index (χ1n) is 7.32. The Bertz CT molecular complexity index is 629. The van der Waals surface area contributed by atoms with Crippen molar-refractivity contribution < 1.29 is 13.2 Å². The quantitative estimate of drug-likeness (QED) is 0.708. The van der Waals surface area contributed by atoms with E-state index in [0.717, 1.165) is 0 Å². The molecule has 22 heavy (non-hydrogen) atoms. The number of nitrogens with one attached hydrogen (secondary N) is 2. The van der Waals surface area contributed by atoms with Gasteiger partial charge >= 0.3 is 0 Å². The number of hydrogen-bond acceptors (Lipinski definition) is 4. The lowest BCUT2D eigenvalue weighted by Gasteiger charge is -2.28. The number of hydrogen-bond donors (Lipinski definition) is 3. The molecule has 0 saturated carbocycles. The standard InChI is InChI=1S/C15H25N3O3S/c1-5-15(6-2,10-16)14(19)18-12-8-7-11(3)13(9-12)22(20,21)17-4/h7-9,17H,5-6,10,16H2,1-4H3,(H,18,19). The number of aryl methyl sites for hydroxylation is 1. The molecule has 6 nitrogen and oxygen atoms in total. The third-order valence-electron chi connectivity index (χ3n) is 4.23. The smallest absolute Gasteiger partial charge is 0.240 e. The van der Waals surface area contributed by atoms with E-state index in [2.05, 4.69) is 10.0 Å². The van der Waals surface area contributed by atoms with Gasteiger partial charge in [-0.3, -0.25) is 4.79 Å². The molecule has 0 bridgehead atoms. The van der Waals surface area contributed by atoms with Gasteiger partial charge in [0.2, 0.25) is 15.9 Å². The highest BCUT2D eigenvalue weighted by Gasteiger charge is 2.33. The molecule has 0 unspecified atom stereocenters. The first-order chi connectivity index (χ1) is 10.3. The molecule has 124 valence electrons. The average molecular weight is 327 g/mol. The molecule has 0 atom stereocenters. The summed E-state index contributed by atoms with van der Waals surface area (Å²) in [6.07, 6.45) is 1.25. The predicted molar refractivity (Wildman–Crippen MR) is 88.1 cm³/mol. The zero-order chi connectivity index (χ0) is 17.0. The van der Waals surface area contributed by atoms with Gasteiger partial charge in [-0.2, -0.15) is 0 Å². The molecule has 0 heterocycles. The van der Waals surface area contributed by atoms with Crippen LogP contribution in [0.4, 0.5) is 5.69 Å². The summed E-state index contributed by atoms with van der Waals surface area (Å²) in [5.74, 6) is -0.184. The fourth-order valence-electron chi connectivity index (χ4n) is 2.29. The van der Waals surface area contributed by atoms with E-state index < -0.39 is 15.4 Å². The summed E-state index contributed by atoms with van der Waals surface area (Å²) in [6.45, 7) is 5.79. The van der Waals surface area contributed by atoms with Crippen molar-refractivity contribution >= 4 is 21.6 Å². The van der Waals surface area contributed by atoms with Crippen molar-refractivity contribution in [3.8, 4) is 0 Å². The lowest BCUT2D eigenvalue weighted by atomic mass is 9.81. The van der Waals surface area contributed by atoms with Crippen LogP contribution in [-0.2, 0) is 14.8 Å². The highest BCUT2D eigenvalue weighted by atomic mass is 32.2. The third-order valence-corrected chi connectivity index (χ3v) is 5.79. The van der Waals surface area contributed by atoms with Crippen LogP contribution in [0.2, 0.25) is 0 Å². The maximum Gasteiger partial charge on any atom is 0.240 e. The first kappa shape index (κ1) is 18.6.